The summed E-state index contributed by atoms with van der Waals surface area (Å²) in [5, 5.41) is 14.8. The molecule has 0 saturated carbocycles. The van der Waals surface area contributed by atoms with E-state index in [0.29, 0.717) is 11.6 Å². The molecule has 0 bridgehead atoms. The molecular weight excluding hydrogens is 853 g/mol. The summed E-state index contributed by atoms with van der Waals surface area (Å²) in [6.07, 6.45) is 4.33. The minimum Gasteiger partial charge on any atom is -0.353 e. The highest BCUT2D eigenvalue weighted by Crippen LogP contribution is 2.45. The highest BCUT2D eigenvalue weighted by molar-refractivity contribution is 5.80. The lowest BCUT2D eigenvalue weighted by molar-refractivity contribution is 0.208. The molecule has 1 atom stereocenters. The zero-order valence-corrected chi connectivity index (χ0v) is 39.5. The van der Waals surface area contributed by atoms with Crippen LogP contribution in [-0.4, -0.2) is 44.5 Å². The lowest BCUT2D eigenvalue weighted by Gasteiger charge is -2.38. The molecular formula is C64H58N6. The van der Waals surface area contributed by atoms with E-state index in [1.807, 2.05) is 0 Å². The summed E-state index contributed by atoms with van der Waals surface area (Å²) < 4.78 is 2.10. The first kappa shape index (κ1) is 44.6. The van der Waals surface area contributed by atoms with Crippen molar-refractivity contribution in [3.8, 4) is 0 Å². The maximum atomic E-state index is 5.78. The van der Waals surface area contributed by atoms with Crippen LogP contribution in [0.5, 0.6) is 0 Å². The largest absolute Gasteiger partial charge is 0.353 e. The Kier molecular flexibility index (Phi) is 13.0. The topological polar surface area (TPSA) is 58.9 Å². The molecule has 10 aromatic rings. The number of hydrogen-bond donors (Lipinski definition) is 1. The third kappa shape index (κ3) is 8.61. The third-order valence-electron chi connectivity index (χ3n) is 14.7. The fourth-order valence-corrected chi connectivity index (χ4v) is 11.3. The van der Waals surface area contributed by atoms with Gasteiger partial charge >= 0.3 is 0 Å². The molecule has 1 N–H and O–H groups in total. The van der Waals surface area contributed by atoms with E-state index in [0.717, 1.165) is 82.8 Å². The van der Waals surface area contributed by atoms with E-state index in [1.165, 1.54) is 24.0 Å². The van der Waals surface area contributed by atoms with Gasteiger partial charge < -0.3 is 10.2 Å². The van der Waals surface area contributed by atoms with Gasteiger partial charge in [-0.15, -0.1) is 5.10 Å². The van der Waals surface area contributed by atoms with Gasteiger partial charge in [0.05, 0.1) is 0 Å². The van der Waals surface area contributed by atoms with Gasteiger partial charge in [-0.1, -0.05) is 248 Å². The average Bonchev–Trinajstić information content (AvgIpc) is 3.88. The molecule has 0 aliphatic carbocycles. The predicted octanol–water partition coefficient (Wildman–Crippen LogP) is 13.9. The van der Waals surface area contributed by atoms with E-state index in [-0.39, 0.29) is 5.92 Å². The zero-order valence-electron chi connectivity index (χ0n) is 39.5. The SMILES string of the molecule is c1ccc(C2CCN(CCCC(c3ccccc3)c3cc(NC(c4ccccc4)(c4ccccc4)c4ccccc4)nc4c3nnn4C(c3ccccc3)(c3ccccc3)c3ccccc3)CC2)cc1. The number of fused-ring (bicyclic) bond motifs is 1. The minimum atomic E-state index is -0.940. The number of anilines is 1. The van der Waals surface area contributed by atoms with Crippen LogP contribution in [0, 0.1) is 0 Å². The van der Waals surface area contributed by atoms with Crippen molar-refractivity contribution in [1.29, 1.82) is 0 Å². The van der Waals surface area contributed by atoms with Crippen molar-refractivity contribution in [2.24, 2.45) is 0 Å². The summed E-state index contributed by atoms with van der Waals surface area (Å²) in [7, 11) is 0. The Morgan fingerprint density at radius 1 is 0.500 bits per heavy atom. The van der Waals surface area contributed by atoms with Gasteiger partial charge in [0.15, 0.2) is 5.65 Å². The van der Waals surface area contributed by atoms with Gasteiger partial charge in [-0.2, -0.15) is 0 Å². The van der Waals surface area contributed by atoms with Crippen LogP contribution in [0.4, 0.5) is 5.82 Å². The molecule has 2 aromatic heterocycles. The summed E-state index contributed by atoms with van der Waals surface area (Å²) in [6.45, 7) is 3.26. The Balaban J connectivity index is 1.12. The molecule has 1 saturated heterocycles. The molecule has 1 fully saturated rings. The summed E-state index contributed by atoms with van der Waals surface area (Å²) >= 11 is 0. The summed E-state index contributed by atoms with van der Waals surface area (Å²) in [4.78, 5) is 8.46. The van der Waals surface area contributed by atoms with Crippen LogP contribution in [0.15, 0.2) is 249 Å². The van der Waals surface area contributed by atoms with Crippen LogP contribution in [0.1, 0.15) is 87.6 Å². The van der Waals surface area contributed by atoms with Crippen molar-refractivity contribution in [1.82, 2.24) is 24.9 Å². The van der Waals surface area contributed by atoms with E-state index >= 15 is 0 Å². The quantitative estimate of drug-likeness (QED) is 0.0979. The summed E-state index contributed by atoms with van der Waals surface area (Å²) in [6, 6.07) is 88.9. The molecule has 1 unspecified atom stereocenters. The Bertz CT molecular complexity index is 3000. The monoisotopic (exact) mass is 910 g/mol. The molecule has 6 nitrogen and oxygen atoms in total. The highest BCUT2D eigenvalue weighted by Gasteiger charge is 2.43. The first-order valence-corrected chi connectivity index (χ1v) is 24.9. The van der Waals surface area contributed by atoms with E-state index in [1.54, 1.807) is 0 Å². The Morgan fingerprint density at radius 3 is 1.37 bits per heavy atom. The van der Waals surface area contributed by atoms with Gasteiger partial charge in [0.1, 0.15) is 22.4 Å². The zero-order chi connectivity index (χ0) is 47.0. The van der Waals surface area contributed by atoms with Gasteiger partial charge in [0.25, 0.3) is 0 Å². The molecule has 0 spiro atoms. The second-order valence-electron chi connectivity index (χ2n) is 18.7. The number of hydrogen-bond acceptors (Lipinski definition) is 5. The minimum absolute atomic E-state index is 0.00147. The molecule has 1 aliphatic heterocycles. The molecule has 0 amide bonds. The first-order chi connectivity index (χ1) is 34.7. The van der Waals surface area contributed by atoms with Crippen molar-refractivity contribution >= 4 is 17.0 Å². The number of nitrogens with one attached hydrogen (secondary N) is 1. The Hall–Kier alpha value is -7.93. The highest BCUT2D eigenvalue weighted by atomic mass is 15.5. The van der Waals surface area contributed by atoms with Crippen molar-refractivity contribution in [2.45, 2.75) is 48.6 Å². The van der Waals surface area contributed by atoms with Crippen molar-refractivity contribution < 1.29 is 0 Å². The van der Waals surface area contributed by atoms with Crippen LogP contribution in [0.2, 0.25) is 0 Å². The lowest BCUT2D eigenvalue weighted by atomic mass is 9.76. The number of pyridine rings is 1. The smallest absolute Gasteiger partial charge is 0.182 e. The van der Waals surface area contributed by atoms with E-state index in [4.69, 9.17) is 15.3 Å². The van der Waals surface area contributed by atoms with Gasteiger partial charge in [0, 0.05) is 5.92 Å². The molecule has 6 heteroatoms. The summed E-state index contributed by atoms with van der Waals surface area (Å²) in [5.74, 6) is 1.35. The van der Waals surface area contributed by atoms with Crippen LogP contribution >= 0.6 is 0 Å². The number of piperidine rings is 1. The van der Waals surface area contributed by atoms with Crippen LogP contribution in [0.3, 0.4) is 0 Å². The van der Waals surface area contributed by atoms with Crippen LogP contribution in [0.25, 0.3) is 11.2 Å². The maximum absolute atomic E-state index is 5.78. The first-order valence-electron chi connectivity index (χ1n) is 24.9. The normalized spacial score (nSPS) is 14.1. The number of nitrogens with zero attached hydrogens (tertiary/aromatic N) is 5. The fourth-order valence-electron chi connectivity index (χ4n) is 11.3. The fraction of sp³-hybridized carbons (Fsp3) is 0.172. The average molecular weight is 911 g/mol. The van der Waals surface area contributed by atoms with E-state index < -0.39 is 11.1 Å². The number of likely N-dealkylation sites (tertiary alicyclic amines) is 1. The van der Waals surface area contributed by atoms with Gasteiger partial charge in [-0.05, 0) is 107 Å². The van der Waals surface area contributed by atoms with Crippen LogP contribution < -0.4 is 5.32 Å². The summed E-state index contributed by atoms with van der Waals surface area (Å²) in [5.41, 5.74) is 10.0. The van der Waals surface area contributed by atoms with Crippen LogP contribution in [-0.2, 0) is 11.1 Å². The molecule has 70 heavy (non-hydrogen) atoms. The second-order valence-corrected chi connectivity index (χ2v) is 18.7. The molecule has 3 heterocycles. The molecule has 8 aromatic carbocycles. The number of benzene rings is 8. The molecule has 1 aliphatic rings. The molecule has 0 radical (unpaired) electrons. The Labute approximate surface area is 412 Å². The third-order valence-corrected chi connectivity index (χ3v) is 14.7. The van der Waals surface area contributed by atoms with Gasteiger partial charge in [-0.3, -0.25) is 0 Å². The second kappa shape index (κ2) is 20.3. The van der Waals surface area contributed by atoms with Crippen molar-refractivity contribution in [2.75, 3.05) is 25.0 Å². The molecule has 344 valence electrons. The van der Waals surface area contributed by atoms with E-state index in [2.05, 4.69) is 264 Å². The number of aromatic nitrogens is 4. The molecule has 11 rings (SSSR count). The van der Waals surface area contributed by atoms with Gasteiger partial charge in [0.2, 0.25) is 0 Å². The Morgan fingerprint density at radius 2 is 0.914 bits per heavy atom. The predicted molar refractivity (Wildman–Crippen MR) is 285 cm³/mol. The van der Waals surface area contributed by atoms with Crippen molar-refractivity contribution in [3.63, 3.8) is 0 Å². The van der Waals surface area contributed by atoms with Crippen molar-refractivity contribution in [3.05, 3.63) is 299 Å². The lowest BCUT2D eigenvalue weighted by Crippen LogP contribution is -2.39. The standard InChI is InChI=1S/C64H58N6/c1-9-26-49(27-10-1)50-43-46-69(47-44-50)45-25-42-58(51-28-11-2-12-29-51)59-48-60(66-63(52-30-13-3-14-31-52,53-32-15-4-16-33-53)54-34-17-5-18-35-54)65-62-61(59)67-68-70(62)64(55-36-19-6-20-37-55,56-38-21-7-22-39-56)57-40-23-8-24-41-57/h1-24,26-41,48,50,58H,25,42-47H2,(H,65,66). The maximum Gasteiger partial charge on any atom is 0.182 e. The number of rotatable bonds is 16. The van der Waals surface area contributed by atoms with E-state index in [9.17, 15) is 0 Å². The van der Waals surface area contributed by atoms with Gasteiger partial charge in [-0.25, -0.2) is 9.67 Å².